The summed E-state index contributed by atoms with van der Waals surface area (Å²) in [7, 11) is 0. The zero-order valence-corrected chi connectivity index (χ0v) is 14.8. The molecule has 1 aromatic heterocycles. The van der Waals surface area contributed by atoms with Crippen molar-refractivity contribution in [2.75, 3.05) is 0 Å². The number of rotatable bonds is 5. The second-order valence-electron chi connectivity index (χ2n) is 5.95. The summed E-state index contributed by atoms with van der Waals surface area (Å²) in [4.78, 5) is 28.9. The van der Waals surface area contributed by atoms with Crippen LogP contribution in [0.1, 0.15) is 17.0 Å². The Morgan fingerprint density at radius 3 is 2.85 bits per heavy atom. The maximum atomic E-state index is 12.5. The first-order chi connectivity index (χ1) is 13.1. The molecule has 3 aromatic rings. The normalized spacial score (nSPS) is 10.8. The first-order valence-corrected chi connectivity index (χ1v) is 8.35. The molecule has 0 spiro atoms. The fraction of sp³-hybridized carbons (Fsp3) is 0.143. The molecule has 0 N–H and O–H groups in total. The Morgan fingerprint density at radius 1 is 1.26 bits per heavy atom. The standard InChI is InChI=1S/C21H17N3O3/c1-15-5-4-6-16(13-15)9-10-20(25)27-14-19-23-18-8-3-2-7-17(18)21(26)24(19)12-11-22/h2-10,13H,12,14H2,1H3/b10-9+. The second-order valence-corrected chi connectivity index (χ2v) is 5.95. The molecule has 0 unspecified atom stereocenters. The summed E-state index contributed by atoms with van der Waals surface area (Å²) in [6.07, 6.45) is 2.98. The van der Waals surface area contributed by atoms with Crippen molar-refractivity contribution in [2.24, 2.45) is 0 Å². The predicted octanol–water partition coefficient (Wildman–Crippen LogP) is 2.99. The number of esters is 1. The number of hydrogen-bond acceptors (Lipinski definition) is 5. The Labute approximate surface area is 156 Å². The summed E-state index contributed by atoms with van der Waals surface area (Å²) in [5.74, 6) is -0.319. The van der Waals surface area contributed by atoms with Crippen molar-refractivity contribution in [1.82, 2.24) is 9.55 Å². The topological polar surface area (TPSA) is 85.0 Å². The van der Waals surface area contributed by atoms with Crippen molar-refractivity contribution >= 4 is 22.9 Å². The van der Waals surface area contributed by atoms with Crippen molar-refractivity contribution in [1.29, 1.82) is 5.26 Å². The van der Waals surface area contributed by atoms with Gasteiger partial charge in [0, 0.05) is 6.08 Å². The minimum atomic E-state index is -0.553. The largest absolute Gasteiger partial charge is 0.454 e. The molecule has 2 aromatic carbocycles. The molecule has 6 heteroatoms. The first kappa shape index (κ1) is 18.1. The lowest BCUT2D eigenvalue weighted by atomic mass is 10.1. The number of carbonyl (C=O) groups is 1. The Hall–Kier alpha value is -3.72. The van der Waals surface area contributed by atoms with E-state index >= 15 is 0 Å². The Balaban J connectivity index is 1.80. The van der Waals surface area contributed by atoms with Crippen LogP contribution in [0.25, 0.3) is 17.0 Å². The van der Waals surface area contributed by atoms with Gasteiger partial charge in [0.25, 0.3) is 5.56 Å². The lowest BCUT2D eigenvalue weighted by Crippen LogP contribution is -2.26. The minimum Gasteiger partial charge on any atom is -0.454 e. The highest BCUT2D eigenvalue weighted by Gasteiger charge is 2.12. The van der Waals surface area contributed by atoms with E-state index in [1.54, 1.807) is 30.3 Å². The summed E-state index contributed by atoms with van der Waals surface area (Å²) in [6.45, 7) is 1.61. The van der Waals surface area contributed by atoms with Crippen LogP contribution in [0.15, 0.2) is 59.4 Å². The van der Waals surface area contributed by atoms with E-state index < -0.39 is 5.97 Å². The van der Waals surface area contributed by atoms with Crippen molar-refractivity contribution < 1.29 is 9.53 Å². The quantitative estimate of drug-likeness (QED) is 0.516. The molecule has 0 atom stereocenters. The average molecular weight is 359 g/mol. The van der Waals surface area contributed by atoms with Crippen LogP contribution in [0.3, 0.4) is 0 Å². The van der Waals surface area contributed by atoms with Gasteiger partial charge in [0.1, 0.15) is 13.2 Å². The van der Waals surface area contributed by atoms with E-state index in [4.69, 9.17) is 10.00 Å². The van der Waals surface area contributed by atoms with Crippen LogP contribution in [0, 0.1) is 18.3 Å². The van der Waals surface area contributed by atoms with E-state index in [-0.39, 0.29) is 24.5 Å². The highest BCUT2D eigenvalue weighted by Crippen LogP contribution is 2.10. The first-order valence-electron chi connectivity index (χ1n) is 8.35. The molecule has 0 amide bonds. The summed E-state index contributed by atoms with van der Waals surface area (Å²) in [5.41, 5.74) is 2.14. The number of hydrogen-bond donors (Lipinski definition) is 0. The van der Waals surface area contributed by atoms with Crippen molar-refractivity contribution in [3.05, 3.63) is 81.9 Å². The smallest absolute Gasteiger partial charge is 0.331 e. The molecule has 6 nitrogen and oxygen atoms in total. The molecule has 0 bridgehead atoms. The molecular weight excluding hydrogens is 342 g/mol. The Kier molecular flexibility index (Phi) is 5.43. The minimum absolute atomic E-state index is 0.164. The number of nitrogens with zero attached hydrogens (tertiary/aromatic N) is 3. The van der Waals surface area contributed by atoms with Gasteiger partial charge in [-0.3, -0.25) is 9.36 Å². The molecule has 1 heterocycles. The van der Waals surface area contributed by atoms with Crippen LogP contribution in [-0.2, 0) is 22.7 Å². The van der Waals surface area contributed by atoms with Gasteiger partial charge < -0.3 is 4.74 Å². The second kappa shape index (κ2) is 8.11. The zero-order chi connectivity index (χ0) is 19.2. The summed E-state index contributed by atoms with van der Waals surface area (Å²) < 4.78 is 6.44. The summed E-state index contributed by atoms with van der Waals surface area (Å²) >= 11 is 0. The molecule has 0 aliphatic carbocycles. The number of carbonyl (C=O) groups excluding carboxylic acids is 1. The molecule has 27 heavy (non-hydrogen) atoms. The molecule has 3 rings (SSSR count). The zero-order valence-electron chi connectivity index (χ0n) is 14.8. The molecular formula is C21H17N3O3. The fourth-order valence-electron chi connectivity index (χ4n) is 2.68. The predicted molar refractivity (Wildman–Crippen MR) is 102 cm³/mol. The molecule has 134 valence electrons. The molecule has 0 saturated heterocycles. The third-order valence-corrected chi connectivity index (χ3v) is 3.97. The van der Waals surface area contributed by atoms with E-state index in [2.05, 4.69) is 4.98 Å². The molecule has 0 aliphatic heterocycles. The van der Waals surface area contributed by atoms with Crippen LogP contribution in [0.4, 0.5) is 0 Å². The maximum Gasteiger partial charge on any atom is 0.331 e. The van der Waals surface area contributed by atoms with Crippen molar-refractivity contribution in [3.8, 4) is 6.07 Å². The van der Waals surface area contributed by atoms with Gasteiger partial charge in [-0.2, -0.15) is 5.26 Å². The number of ether oxygens (including phenoxy) is 1. The number of benzene rings is 2. The van der Waals surface area contributed by atoms with Gasteiger partial charge >= 0.3 is 5.97 Å². The van der Waals surface area contributed by atoms with E-state index in [0.717, 1.165) is 11.1 Å². The molecule has 0 aliphatic rings. The average Bonchev–Trinajstić information content (AvgIpc) is 2.67. The van der Waals surface area contributed by atoms with Crippen molar-refractivity contribution in [3.63, 3.8) is 0 Å². The summed E-state index contributed by atoms with van der Waals surface area (Å²) in [5, 5.41) is 9.41. The summed E-state index contributed by atoms with van der Waals surface area (Å²) in [6, 6.07) is 16.5. The monoisotopic (exact) mass is 359 g/mol. The number of aromatic nitrogens is 2. The van der Waals surface area contributed by atoms with E-state index in [1.807, 2.05) is 37.3 Å². The van der Waals surface area contributed by atoms with Crippen LogP contribution < -0.4 is 5.56 Å². The van der Waals surface area contributed by atoms with Crippen LogP contribution in [0.5, 0.6) is 0 Å². The third-order valence-electron chi connectivity index (χ3n) is 3.97. The molecule has 0 fully saturated rings. The SMILES string of the molecule is Cc1cccc(/C=C/C(=O)OCc2nc3ccccc3c(=O)n2CC#N)c1. The van der Waals surface area contributed by atoms with Gasteiger partial charge in [-0.25, -0.2) is 9.78 Å². The van der Waals surface area contributed by atoms with Crippen molar-refractivity contribution in [2.45, 2.75) is 20.1 Å². The highest BCUT2D eigenvalue weighted by molar-refractivity contribution is 5.87. The van der Waals surface area contributed by atoms with E-state index in [0.29, 0.717) is 10.9 Å². The van der Waals surface area contributed by atoms with E-state index in [1.165, 1.54) is 10.6 Å². The van der Waals surface area contributed by atoms with Crippen LogP contribution in [-0.4, -0.2) is 15.5 Å². The lowest BCUT2D eigenvalue weighted by Gasteiger charge is -2.10. The van der Waals surface area contributed by atoms with E-state index in [9.17, 15) is 9.59 Å². The van der Waals surface area contributed by atoms with Gasteiger partial charge in [-0.1, -0.05) is 42.0 Å². The van der Waals surface area contributed by atoms with Gasteiger partial charge in [0.15, 0.2) is 5.82 Å². The van der Waals surface area contributed by atoms with Gasteiger partial charge in [-0.05, 0) is 30.7 Å². The van der Waals surface area contributed by atoms with Crippen LogP contribution in [0.2, 0.25) is 0 Å². The third kappa shape index (κ3) is 4.28. The Morgan fingerprint density at radius 2 is 2.07 bits per heavy atom. The highest BCUT2D eigenvalue weighted by atomic mass is 16.5. The number of fused-ring (bicyclic) bond motifs is 1. The Bertz CT molecular complexity index is 1120. The van der Waals surface area contributed by atoms with Gasteiger partial charge in [-0.15, -0.1) is 0 Å². The van der Waals surface area contributed by atoms with Gasteiger partial charge in [0.2, 0.25) is 0 Å². The number of nitriles is 1. The maximum absolute atomic E-state index is 12.5. The van der Waals surface area contributed by atoms with Crippen LogP contribution >= 0.6 is 0 Å². The molecule has 0 saturated carbocycles. The number of para-hydroxylation sites is 1. The lowest BCUT2D eigenvalue weighted by molar-refractivity contribution is -0.139. The fourth-order valence-corrected chi connectivity index (χ4v) is 2.68. The van der Waals surface area contributed by atoms with Gasteiger partial charge in [0.05, 0.1) is 17.0 Å². The number of aryl methyl sites for hydroxylation is 1. The molecule has 0 radical (unpaired) electrons.